The number of phenols is 1. The zero-order chi connectivity index (χ0) is 103. The maximum absolute atomic E-state index is 13.2. The van der Waals surface area contributed by atoms with Gasteiger partial charge in [0.15, 0.2) is 10.5 Å². The predicted molar refractivity (Wildman–Crippen MR) is 538 cm³/mol. The molecule has 14 aliphatic rings. The zero-order valence-corrected chi connectivity index (χ0v) is 91.8. The minimum atomic E-state index is -1.36. The van der Waals surface area contributed by atoms with Crippen molar-refractivity contribution in [2.75, 3.05) is 25.0 Å². The molecular formula is C111H165N7Na2O23S. The summed E-state index contributed by atoms with van der Waals surface area (Å²) in [6.45, 7) is 21.4. The van der Waals surface area contributed by atoms with Gasteiger partial charge in [0.25, 0.3) is 0 Å². The van der Waals surface area contributed by atoms with Crippen molar-refractivity contribution in [1.82, 2.24) is 21.3 Å². The van der Waals surface area contributed by atoms with E-state index in [0.29, 0.717) is 156 Å². The van der Waals surface area contributed by atoms with E-state index in [1.54, 1.807) is 24.3 Å². The Morgan fingerprint density at radius 1 is 0.458 bits per heavy atom. The van der Waals surface area contributed by atoms with Crippen LogP contribution in [-0.2, 0) is 28.8 Å². The monoisotopic (exact) mass is 2040 g/mol. The van der Waals surface area contributed by atoms with Gasteiger partial charge < -0.3 is 124 Å². The van der Waals surface area contributed by atoms with Crippen molar-refractivity contribution in [3.05, 3.63) is 70.4 Å². The van der Waals surface area contributed by atoms with E-state index in [1.807, 2.05) is 0 Å². The molecule has 0 bridgehead atoms. The number of thiocarbonyl (C=S) groups is 1. The number of fused-ring (bicyclic) bond motifs is 17. The number of aliphatic carboxylic acids is 3. The molecule has 16 rings (SSSR count). The van der Waals surface area contributed by atoms with E-state index in [-0.39, 0.29) is 276 Å². The summed E-state index contributed by atoms with van der Waals surface area (Å²) in [7, 11) is 0. The molecule has 1 heterocycles. The molecule has 144 heavy (non-hydrogen) atoms. The third-order valence-corrected chi connectivity index (χ3v) is 40.7. The molecule has 3 amide bonds. The maximum atomic E-state index is 13.2. The second-order valence-corrected chi connectivity index (χ2v) is 48.2. The molecule has 3 unspecified atom stereocenters. The summed E-state index contributed by atoms with van der Waals surface area (Å²) >= 11 is 5.49. The van der Waals surface area contributed by atoms with Gasteiger partial charge >= 0.3 is 71.1 Å². The molecule has 0 aromatic heterocycles. The summed E-state index contributed by atoms with van der Waals surface area (Å²) in [4.78, 5) is 98.4. The normalized spacial score (nSPS) is 36.9. The van der Waals surface area contributed by atoms with Crippen molar-refractivity contribution >= 4 is 75.6 Å². The van der Waals surface area contributed by atoms with Crippen LogP contribution in [0.15, 0.2) is 63.8 Å². The van der Waals surface area contributed by atoms with Crippen LogP contribution in [0.5, 0.6) is 5.75 Å². The van der Waals surface area contributed by atoms with Gasteiger partial charge in [-0.3, -0.25) is 19.2 Å². The Morgan fingerprint density at radius 2 is 0.840 bits per heavy atom. The van der Waals surface area contributed by atoms with Crippen LogP contribution in [0, 0.1) is 139 Å². The Bertz CT molecular complexity index is 5000. The zero-order valence-electron chi connectivity index (χ0n) is 87.0. The minimum absolute atomic E-state index is 0. The van der Waals surface area contributed by atoms with E-state index in [2.05, 4.69) is 88.9 Å². The molecule has 0 saturated heterocycles. The third-order valence-electron chi connectivity index (χ3n) is 40.5. The molecule has 12 fully saturated rings. The average Bonchev–Trinajstić information content (AvgIpc) is 1.43. The first-order valence-corrected chi connectivity index (χ1v) is 54.3. The van der Waals surface area contributed by atoms with Crippen molar-refractivity contribution in [2.24, 2.45) is 150 Å². The molecule has 790 valence electrons. The largest absolute Gasteiger partial charge is 1.00 e. The van der Waals surface area contributed by atoms with Gasteiger partial charge in [-0.25, -0.2) is 9.59 Å². The van der Waals surface area contributed by atoms with Gasteiger partial charge in [-0.15, -0.1) is 0 Å². The van der Waals surface area contributed by atoms with Crippen molar-refractivity contribution in [3.63, 3.8) is 0 Å². The predicted octanol–water partition coefficient (Wildman–Crippen LogP) is 4.84. The molecule has 0 spiro atoms. The number of rotatable bonds is 34. The molecule has 30 nitrogen and oxygen atoms in total. The smallest absolute Gasteiger partial charge is 0.548 e. The molecule has 36 atom stereocenters. The fourth-order valence-corrected chi connectivity index (χ4v) is 32.9. The van der Waals surface area contributed by atoms with Gasteiger partial charge in [-0.05, 0) is 418 Å². The Kier molecular flexibility index (Phi) is 39.9. The SMILES string of the molecule is C[C@H](CCC(=O)N[C@H](CCCCN)C(=O)O)[C@H]1CCC2[C@@H]3[C@H](O)C[C@@H]4C[C@H](O)CC[C@]4(C)[C@H]3C[C@H](O)[C@@]21C.C[C@H](CCC(=O)N[C@H](CCCCN)C(=O)[O-])[C@H]1CCC2[C@@H]3[C@H](O)C[C@@H]4C[C@H](O)CC[C@]4(C)[C@H]3C[C@H](O)[C@@]21C.C[C@H](CCC(=O)N[C@H](CCCCNC(=S)Nc1ccc(-c2c3ccc(=O)cc-3oc3cc(O)ccc23)c(C(=O)O)c1)C(=O)[O-])[C@H]1CCC2[C@@H]3[C@H](O)C[C@@H]4C[C@H](O)CC[C@]4(C)[C@H]3C[C@H](O)[C@@]21C.[Na+].[Na+]. The minimum Gasteiger partial charge on any atom is -0.548 e. The number of carboxylic acids is 4. The number of amides is 3. The molecule has 0 radical (unpaired) electrons. The fourth-order valence-electron chi connectivity index (χ4n) is 32.6. The molecule has 1 aliphatic heterocycles. The van der Waals surface area contributed by atoms with Gasteiger partial charge in [0.1, 0.15) is 23.1 Å². The standard InChI is InChI=1S/C51H63N3O11S.2C30H52N2O6.2Na/c1-26(36-14-15-37-46-38(25-43(59)51(36,37)3)50(2)18-17-31(57)20-27(50)21-40(46)58)7-16-44(60)54-39(48(63)64)6-4-5-19-52-49(66)53-28-8-11-32(35(22-28)47(61)62)45-33-12-9-29(55)23-41(33)65-42-24-30(56)10-13-34(42)45;2*1-17(7-10-26(36)32-23(28(37)38)6-4-5-13-31)20-8-9-21-27-22(16-25(35)30(20,21)3)29(2)12-11-19(33)14-18(29)15-24(27)34;;/h8-13,22-24,26-27,31,36-40,43,46,55,57-59H,4-7,14-21,25H2,1-3H3,(H,54,60)(H,61,62)(H,63,64)(H2,52,53,66);2*17-25,27,33-35H,4-16,31H2,1-3H3,(H,32,36)(H,37,38);;/q;;;2*+1/p-2/t26-,27+,31-,36-,37?,38+,39-,40-,43+,46+,50+,51-;2*17-,18+,19-,20-,21?,22+,23-,24-,25+,27+,29+,30-;;/m111../s1. The van der Waals surface area contributed by atoms with E-state index < -0.39 is 84.0 Å². The summed E-state index contributed by atoms with van der Waals surface area (Å²) in [5.74, 6) is -1.72. The summed E-state index contributed by atoms with van der Waals surface area (Å²) < 4.78 is 5.91. The second-order valence-electron chi connectivity index (χ2n) is 47.8. The number of hydrogen-bond donors (Lipinski definition) is 19. The van der Waals surface area contributed by atoms with E-state index in [4.69, 9.17) is 28.1 Å². The van der Waals surface area contributed by atoms with Crippen molar-refractivity contribution < 1.29 is 169 Å². The van der Waals surface area contributed by atoms with Crippen molar-refractivity contribution in [1.29, 1.82) is 0 Å². The van der Waals surface area contributed by atoms with Gasteiger partial charge in [0.05, 0.1) is 84.5 Å². The van der Waals surface area contributed by atoms with Crippen LogP contribution < -0.4 is 113 Å². The number of carbonyl (C=O) groups excluding carboxylic acids is 5. The van der Waals surface area contributed by atoms with Crippen LogP contribution in [0.3, 0.4) is 0 Å². The summed E-state index contributed by atoms with van der Waals surface area (Å²) in [6.07, 6.45) is 20.8. The third kappa shape index (κ3) is 24.2. The number of nitrogens with two attached hydrogens (primary N) is 2. The molecule has 33 heteroatoms. The summed E-state index contributed by atoms with van der Waals surface area (Å²) in [5, 5.41) is 169. The van der Waals surface area contributed by atoms with Crippen LogP contribution in [0.4, 0.5) is 5.69 Å². The molecule has 13 aliphatic carbocycles. The van der Waals surface area contributed by atoms with Gasteiger partial charge in [-0.2, -0.15) is 0 Å². The van der Waals surface area contributed by atoms with Gasteiger partial charge in [-0.1, -0.05) is 68.4 Å². The van der Waals surface area contributed by atoms with E-state index >= 15 is 0 Å². The first-order valence-electron chi connectivity index (χ1n) is 53.9. The number of aliphatic hydroxyl groups is 9. The maximum Gasteiger partial charge on any atom is 1.00 e. The number of anilines is 1. The number of aliphatic hydroxyl groups excluding tert-OH is 9. The van der Waals surface area contributed by atoms with Crippen LogP contribution in [-0.4, -0.2) is 201 Å². The fraction of sp³-hybridized carbons (Fsp3) is 0.757. The molecule has 21 N–H and O–H groups in total. The van der Waals surface area contributed by atoms with Gasteiger partial charge in [0.2, 0.25) is 17.7 Å². The molecule has 2 aromatic carbocycles. The Balaban J connectivity index is 0.000000204. The number of aromatic carboxylic acids is 1. The second kappa shape index (κ2) is 49.0. The van der Waals surface area contributed by atoms with Crippen molar-refractivity contribution in [2.45, 2.75) is 367 Å². The summed E-state index contributed by atoms with van der Waals surface area (Å²) in [6, 6.07) is 10.5. The topological polar surface area (TPSA) is 551 Å². The number of unbranched alkanes of at least 4 members (excludes halogenated alkanes) is 3. The van der Waals surface area contributed by atoms with Crippen LogP contribution >= 0.6 is 12.2 Å². The quantitative estimate of drug-likeness (QED) is 0.0129. The summed E-state index contributed by atoms with van der Waals surface area (Å²) in [5.41, 5.74) is 11.8. The van der Waals surface area contributed by atoms with Crippen LogP contribution in [0.25, 0.3) is 33.4 Å². The van der Waals surface area contributed by atoms with Crippen LogP contribution in [0.1, 0.15) is 304 Å². The molecular weight excluding hydrogens is 1880 g/mol. The van der Waals surface area contributed by atoms with Gasteiger partial charge in [0, 0.05) is 60.1 Å². The number of benzene rings is 3. The number of carbonyl (C=O) groups is 7. The van der Waals surface area contributed by atoms with E-state index in [1.165, 1.54) is 30.3 Å². The number of phenolic OH excluding ortho intramolecular Hbond substituents is 1. The van der Waals surface area contributed by atoms with Crippen LogP contribution in [0.2, 0.25) is 0 Å². The number of aromatic hydroxyl groups is 1. The first kappa shape index (κ1) is 117. The molecule has 12 saturated carbocycles. The van der Waals surface area contributed by atoms with Crippen molar-refractivity contribution in [3.8, 4) is 28.2 Å². The van der Waals surface area contributed by atoms with E-state index in [0.717, 1.165) is 109 Å². The van der Waals surface area contributed by atoms with E-state index in [9.17, 15) is 110 Å². The molecule has 2 aromatic rings. The Hall–Kier alpha value is -5.53. The Labute approximate surface area is 899 Å². The number of nitrogens with one attached hydrogen (secondary N) is 5. The number of hydrogen-bond acceptors (Lipinski definition) is 24. The average molecular weight is 2040 g/mol. The Morgan fingerprint density at radius 3 is 1.22 bits per heavy atom. The first-order chi connectivity index (χ1) is 67.2. The number of carboxylic acid groups (broad SMARTS) is 4.